The molecule has 1 aliphatic rings. The Balaban J connectivity index is 2.65. The van der Waals surface area contributed by atoms with Gasteiger partial charge in [0.1, 0.15) is 5.00 Å². The Labute approximate surface area is 83.3 Å². The van der Waals surface area contributed by atoms with Crippen LogP contribution in [0.3, 0.4) is 0 Å². The molecule has 0 bridgehead atoms. The van der Waals surface area contributed by atoms with Crippen LogP contribution in [0.4, 0.5) is 0 Å². The molecule has 0 fully saturated rings. The molecule has 4 heteroatoms. The summed E-state index contributed by atoms with van der Waals surface area (Å²) in [5, 5.41) is 11.7. The van der Waals surface area contributed by atoms with Gasteiger partial charge in [-0.05, 0) is 18.6 Å². The van der Waals surface area contributed by atoms with E-state index in [-0.39, 0.29) is 6.61 Å². The summed E-state index contributed by atoms with van der Waals surface area (Å²) < 4.78 is 0. The molecule has 0 aromatic rings. The van der Waals surface area contributed by atoms with E-state index in [1.807, 2.05) is 13.0 Å². The summed E-state index contributed by atoms with van der Waals surface area (Å²) in [5.41, 5.74) is 7.87. The Morgan fingerprint density at radius 2 is 2.46 bits per heavy atom. The lowest BCUT2D eigenvalue weighted by Gasteiger charge is -2.25. The molecular formula is C9H15ClN2O. The van der Waals surface area contributed by atoms with Crippen molar-refractivity contribution >= 4 is 11.6 Å². The molecule has 74 valence electrons. The summed E-state index contributed by atoms with van der Waals surface area (Å²) in [7, 11) is 0. The highest BCUT2D eigenvalue weighted by Gasteiger charge is 2.23. The first kappa shape index (κ1) is 10.6. The highest BCUT2D eigenvalue weighted by Crippen LogP contribution is 2.26. The van der Waals surface area contributed by atoms with E-state index in [2.05, 4.69) is 5.32 Å². The molecule has 1 rings (SSSR count). The van der Waals surface area contributed by atoms with E-state index in [9.17, 15) is 0 Å². The van der Waals surface area contributed by atoms with Gasteiger partial charge in [-0.1, -0.05) is 17.7 Å². The van der Waals surface area contributed by atoms with E-state index in [4.69, 9.17) is 22.4 Å². The van der Waals surface area contributed by atoms with Crippen molar-refractivity contribution in [1.29, 1.82) is 0 Å². The molecule has 0 spiro atoms. The van der Waals surface area contributed by atoms with Gasteiger partial charge in [-0.3, -0.25) is 0 Å². The highest BCUT2D eigenvalue weighted by molar-refractivity contribution is 6.25. The molecule has 0 aliphatic heterocycles. The number of rotatable bonds is 3. The molecule has 0 amide bonds. The molecule has 1 atom stereocenters. The first-order chi connectivity index (χ1) is 6.05. The van der Waals surface area contributed by atoms with E-state index >= 15 is 0 Å². The van der Waals surface area contributed by atoms with Crippen LogP contribution in [-0.2, 0) is 0 Å². The van der Waals surface area contributed by atoms with E-state index < -0.39 is 5.00 Å². The maximum absolute atomic E-state index is 8.65. The lowest BCUT2D eigenvalue weighted by Crippen LogP contribution is -2.36. The van der Waals surface area contributed by atoms with E-state index in [1.54, 1.807) is 6.08 Å². The van der Waals surface area contributed by atoms with Crippen molar-refractivity contribution in [1.82, 2.24) is 5.32 Å². The normalized spacial score (nSPS) is 28.0. The topological polar surface area (TPSA) is 58.3 Å². The van der Waals surface area contributed by atoms with Crippen molar-refractivity contribution in [2.24, 2.45) is 5.73 Å². The van der Waals surface area contributed by atoms with Gasteiger partial charge in [0.25, 0.3) is 0 Å². The Hall–Kier alpha value is -0.510. The zero-order valence-corrected chi connectivity index (χ0v) is 8.43. The van der Waals surface area contributed by atoms with Gasteiger partial charge in [-0.15, -0.1) is 0 Å². The minimum Gasteiger partial charge on any atom is -0.395 e. The van der Waals surface area contributed by atoms with Crippen molar-refractivity contribution in [2.75, 3.05) is 13.2 Å². The molecule has 4 N–H and O–H groups in total. The van der Waals surface area contributed by atoms with Gasteiger partial charge >= 0.3 is 0 Å². The number of alkyl halides is 1. The zero-order chi connectivity index (χ0) is 9.90. The molecule has 0 saturated heterocycles. The third-order valence-corrected chi connectivity index (χ3v) is 2.24. The standard InChI is InChI=1S/C9H15ClN2O/c1-7-2-3-9(10,11)6-8(7)12-4-5-13/h2-3,12-13H,4-6,11H2,1H3. The maximum Gasteiger partial charge on any atom is 0.115 e. The Bertz CT molecular complexity index is 246. The predicted molar refractivity (Wildman–Crippen MR) is 54.3 cm³/mol. The van der Waals surface area contributed by atoms with Crippen LogP contribution in [0, 0.1) is 0 Å². The van der Waals surface area contributed by atoms with Gasteiger partial charge in [0.2, 0.25) is 0 Å². The van der Waals surface area contributed by atoms with Crippen molar-refractivity contribution in [3.05, 3.63) is 23.4 Å². The van der Waals surface area contributed by atoms with Crippen LogP contribution in [0.15, 0.2) is 23.4 Å². The van der Waals surface area contributed by atoms with Gasteiger partial charge in [-0.25, -0.2) is 0 Å². The van der Waals surface area contributed by atoms with Crippen LogP contribution >= 0.6 is 11.6 Å². The number of aliphatic hydroxyl groups is 1. The summed E-state index contributed by atoms with van der Waals surface area (Å²) in [6.07, 6.45) is 4.26. The number of nitrogens with one attached hydrogen (secondary N) is 1. The van der Waals surface area contributed by atoms with Crippen molar-refractivity contribution < 1.29 is 5.11 Å². The molecule has 0 aromatic heterocycles. The highest BCUT2D eigenvalue weighted by atomic mass is 35.5. The van der Waals surface area contributed by atoms with Gasteiger partial charge < -0.3 is 16.2 Å². The smallest absolute Gasteiger partial charge is 0.115 e. The summed E-state index contributed by atoms with van der Waals surface area (Å²) in [6.45, 7) is 2.64. The summed E-state index contributed by atoms with van der Waals surface area (Å²) >= 11 is 5.97. The minimum absolute atomic E-state index is 0.111. The van der Waals surface area contributed by atoms with Crippen LogP contribution in [-0.4, -0.2) is 23.3 Å². The molecule has 0 heterocycles. The first-order valence-electron chi connectivity index (χ1n) is 4.27. The average molecular weight is 203 g/mol. The minimum atomic E-state index is -0.780. The average Bonchev–Trinajstić information content (AvgIpc) is 2.07. The largest absolute Gasteiger partial charge is 0.395 e. The molecule has 13 heavy (non-hydrogen) atoms. The summed E-state index contributed by atoms with van der Waals surface area (Å²) in [6, 6.07) is 0. The molecule has 3 nitrogen and oxygen atoms in total. The van der Waals surface area contributed by atoms with E-state index in [0.29, 0.717) is 13.0 Å². The fraction of sp³-hybridized carbons (Fsp3) is 0.556. The van der Waals surface area contributed by atoms with Crippen molar-refractivity contribution in [3.8, 4) is 0 Å². The lowest BCUT2D eigenvalue weighted by atomic mass is 10.0. The number of hydrogen-bond acceptors (Lipinski definition) is 3. The fourth-order valence-corrected chi connectivity index (χ4v) is 1.44. The second kappa shape index (κ2) is 4.13. The monoisotopic (exact) mass is 202 g/mol. The van der Waals surface area contributed by atoms with Crippen LogP contribution in [0.25, 0.3) is 0 Å². The molecule has 1 aliphatic carbocycles. The Kier molecular flexibility index (Phi) is 3.36. The van der Waals surface area contributed by atoms with E-state index in [0.717, 1.165) is 11.3 Å². The quantitative estimate of drug-likeness (QED) is 0.467. The molecule has 1 unspecified atom stereocenters. The summed E-state index contributed by atoms with van der Waals surface area (Å²) in [5.74, 6) is 0. The van der Waals surface area contributed by atoms with Gasteiger partial charge in [0, 0.05) is 18.7 Å². The van der Waals surface area contributed by atoms with Gasteiger partial charge in [-0.2, -0.15) is 0 Å². The predicted octanol–water partition coefficient (Wildman–Crippen LogP) is 0.696. The second-order valence-corrected chi connectivity index (χ2v) is 3.95. The zero-order valence-electron chi connectivity index (χ0n) is 7.68. The SMILES string of the molecule is CC1=C(NCCO)CC(N)(Cl)C=C1. The van der Waals surface area contributed by atoms with Crippen molar-refractivity contribution in [3.63, 3.8) is 0 Å². The summed E-state index contributed by atoms with van der Waals surface area (Å²) in [4.78, 5) is -0.780. The van der Waals surface area contributed by atoms with E-state index in [1.165, 1.54) is 0 Å². The van der Waals surface area contributed by atoms with Gasteiger partial charge in [0.05, 0.1) is 6.61 Å². The number of halogens is 1. The van der Waals surface area contributed by atoms with Crippen LogP contribution in [0.1, 0.15) is 13.3 Å². The maximum atomic E-state index is 8.65. The van der Waals surface area contributed by atoms with Crippen LogP contribution in [0.5, 0.6) is 0 Å². The van der Waals surface area contributed by atoms with Crippen LogP contribution in [0.2, 0.25) is 0 Å². The number of aliphatic hydroxyl groups excluding tert-OH is 1. The Morgan fingerprint density at radius 3 is 3.08 bits per heavy atom. The van der Waals surface area contributed by atoms with Crippen molar-refractivity contribution in [2.45, 2.75) is 18.3 Å². The lowest BCUT2D eigenvalue weighted by molar-refractivity contribution is 0.296. The molecular weight excluding hydrogens is 188 g/mol. The molecule has 0 aromatic carbocycles. The molecule has 0 saturated carbocycles. The third-order valence-electron chi connectivity index (χ3n) is 1.98. The second-order valence-electron chi connectivity index (χ2n) is 3.25. The van der Waals surface area contributed by atoms with Crippen LogP contribution < -0.4 is 11.1 Å². The fourth-order valence-electron chi connectivity index (χ4n) is 1.24. The first-order valence-corrected chi connectivity index (χ1v) is 4.64. The third kappa shape index (κ3) is 3.03. The number of nitrogens with two attached hydrogens (primary N) is 1. The number of allylic oxidation sites excluding steroid dienone is 2. The van der Waals surface area contributed by atoms with Gasteiger partial charge in [0.15, 0.2) is 0 Å². The molecule has 0 radical (unpaired) electrons. The number of hydrogen-bond donors (Lipinski definition) is 3. The Morgan fingerprint density at radius 1 is 1.77 bits per heavy atom.